The molecule has 124 valence electrons. The van der Waals surface area contributed by atoms with Gasteiger partial charge in [-0.25, -0.2) is 17.6 Å². The molecule has 2 unspecified atom stereocenters. The first kappa shape index (κ1) is 18.4. The topological polar surface area (TPSA) is 63.3 Å². The zero-order valence-corrected chi connectivity index (χ0v) is 12.4. The van der Waals surface area contributed by atoms with Crippen molar-refractivity contribution in [3.8, 4) is 0 Å². The quantitative estimate of drug-likeness (QED) is 0.598. The van der Waals surface area contributed by atoms with E-state index in [4.69, 9.17) is 10.8 Å². The van der Waals surface area contributed by atoms with Gasteiger partial charge >= 0.3 is 5.97 Å². The van der Waals surface area contributed by atoms with E-state index in [0.717, 1.165) is 0 Å². The van der Waals surface area contributed by atoms with Gasteiger partial charge in [-0.3, -0.25) is 4.79 Å². The molecule has 0 bridgehead atoms. The van der Waals surface area contributed by atoms with E-state index < -0.39 is 40.3 Å². The Bertz CT molecular complexity index is 535. The lowest BCUT2D eigenvalue weighted by atomic mass is 9.84. The second-order valence-corrected chi connectivity index (χ2v) is 5.69. The van der Waals surface area contributed by atoms with E-state index in [1.54, 1.807) is 6.92 Å². The molecular weight excluding hydrogens is 302 g/mol. The number of carbonyl (C=O) groups is 1. The van der Waals surface area contributed by atoms with Crippen LogP contribution in [0.25, 0.3) is 0 Å². The van der Waals surface area contributed by atoms with Crippen molar-refractivity contribution in [2.75, 3.05) is 0 Å². The SMILES string of the molecule is CCC(CCc1c(F)c(F)cc(F)c1F)CC(C)(N)C(=O)O. The Morgan fingerprint density at radius 2 is 1.77 bits per heavy atom. The van der Waals surface area contributed by atoms with Gasteiger partial charge in [0.15, 0.2) is 23.3 Å². The highest BCUT2D eigenvalue weighted by molar-refractivity contribution is 5.77. The van der Waals surface area contributed by atoms with E-state index in [0.29, 0.717) is 6.42 Å². The minimum atomic E-state index is -1.47. The molecule has 22 heavy (non-hydrogen) atoms. The minimum absolute atomic E-state index is 0.0971. The zero-order valence-electron chi connectivity index (χ0n) is 12.4. The maximum atomic E-state index is 13.6. The Hall–Kier alpha value is -1.63. The normalized spacial score (nSPS) is 15.4. The molecule has 2 atom stereocenters. The largest absolute Gasteiger partial charge is 0.480 e. The number of rotatable bonds is 7. The molecule has 0 saturated heterocycles. The van der Waals surface area contributed by atoms with Gasteiger partial charge in [0.25, 0.3) is 0 Å². The minimum Gasteiger partial charge on any atom is -0.480 e. The number of benzene rings is 1. The van der Waals surface area contributed by atoms with Crippen molar-refractivity contribution in [3.63, 3.8) is 0 Å². The van der Waals surface area contributed by atoms with E-state index in [1.807, 2.05) is 0 Å². The molecular formula is C15H19F4NO2. The van der Waals surface area contributed by atoms with E-state index in [9.17, 15) is 22.4 Å². The average Bonchev–Trinajstić information content (AvgIpc) is 2.43. The van der Waals surface area contributed by atoms with Crippen molar-refractivity contribution in [1.29, 1.82) is 0 Å². The van der Waals surface area contributed by atoms with Crippen LogP contribution >= 0.6 is 0 Å². The predicted molar refractivity (Wildman–Crippen MR) is 73.2 cm³/mol. The second-order valence-electron chi connectivity index (χ2n) is 5.69. The van der Waals surface area contributed by atoms with Gasteiger partial charge in [0.1, 0.15) is 5.54 Å². The van der Waals surface area contributed by atoms with Crippen LogP contribution in [0.1, 0.15) is 38.7 Å². The monoisotopic (exact) mass is 321 g/mol. The first-order valence-corrected chi connectivity index (χ1v) is 6.94. The maximum absolute atomic E-state index is 13.6. The standard InChI is InChI=1S/C15H19F4NO2/c1-3-8(7-15(2,20)14(21)22)4-5-9-12(18)10(16)6-11(17)13(9)19/h6,8H,3-5,7,20H2,1-2H3,(H,21,22). The summed E-state index contributed by atoms with van der Waals surface area (Å²) in [5.41, 5.74) is 3.52. The van der Waals surface area contributed by atoms with Crippen molar-refractivity contribution in [2.24, 2.45) is 11.7 Å². The molecule has 0 radical (unpaired) electrons. The number of carboxylic acid groups (broad SMARTS) is 1. The summed E-state index contributed by atoms with van der Waals surface area (Å²) in [7, 11) is 0. The molecule has 0 aromatic heterocycles. The Kier molecular flexibility index (Phi) is 5.93. The summed E-state index contributed by atoms with van der Waals surface area (Å²) in [6, 6.07) is 0.160. The Morgan fingerprint density at radius 3 is 2.18 bits per heavy atom. The smallest absolute Gasteiger partial charge is 0.323 e. The number of aliphatic carboxylic acids is 1. The van der Waals surface area contributed by atoms with Gasteiger partial charge in [-0.05, 0) is 32.1 Å². The summed E-state index contributed by atoms with van der Waals surface area (Å²) in [6.07, 6.45) is 0.564. The van der Waals surface area contributed by atoms with Gasteiger partial charge in [0, 0.05) is 11.6 Å². The van der Waals surface area contributed by atoms with Crippen LogP contribution in [0.15, 0.2) is 6.07 Å². The Morgan fingerprint density at radius 1 is 1.27 bits per heavy atom. The molecule has 0 heterocycles. The van der Waals surface area contributed by atoms with Crippen molar-refractivity contribution in [3.05, 3.63) is 34.9 Å². The molecule has 0 saturated carbocycles. The fraction of sp³-hybridized carbons (Fsp3) is 0.533. The van der Waals surface area contributed by atoms with Crippen molar-refractivity contribution in [2.45, 2.75) is 45.1 Å². The van der Waals surface area contributed by atoms with Crippen LogP contribution in [0.2, 0.25) is 0 Å². The molecule has 0 fully saturated rings. The van der Waals surface area contributed by atoms with Crippen LogP contribution in [0.3, 0.4) is 0 Å². The van der Waals surface area contributed by atoms with Gasteiger partial charge in [0.2, 0.25) is 0 Å². The molecule has 7 heteroatoms. The molecule has 0 aliphatic carbocycles. The molecule has 0 aliphatic heterocycles. The third-order valence-corrected chi connectivity index (χ3v) is 3.78. The summed E-state index contributed by atoms with van der Waals surface area (Å²) < 4.78 is 53.4. The van der Waals surface area contributed by atoms with Crippen molar-refractivity contribution >= 4 is 5.97 Å². The maximum Gasteiger partial charge on any atom is 0.323 e. The highest BCUT2D eigenvalue weighted by Gasteiger charge is 2.31. The zero-order chi connectivity index (χ0) is 17.1. The highest BCUT2D eigenvalue weighted by atomic mass is 19.2. The third kappa shape index (κ3) is 4.19. The van der Waals surface area contributed by atoms with Crippen molar-refractivity contribution < 1.29 is 27.5 Å². The summed E-state index contributed by atoms with van der Waals surface area (Å²) in [6.45, 7) is 3.13. The van der Waals surface area contributed by atoms with Gasteiger partial charge in [-0.15, -0.1) is 0 Å². The molecule has 0 amide bonds. The molecule has 0 spiro atoms. The predicted octanol–water partition coefficient (Wildman–Crippen LogP) is 3.39. The van der Waals surface area contributed by atoms with Crippen LogP contribution in [-0.2, 0) is 11.2 Å². The van der Waals surface area contributed by atoms with Crippen LogP contribution in [0.4, 0.5) is 17.6 Å². The molecule has 1 rings (SSSR count). The number of nitrogens with two attached hydrogens (primary N) is 1. The van der Waals surface area contributed by atoms with Gasteiger partial charge in [0.05, 0.1) is 0 Å². The van der Waals surface area contributed by atoms with Gasteiger partial charge in [-0.1, -0.05) is 13.3 Å². The van der Waals surface area contributed by atoms with E-state index in [-0.39, 0.29) is 31.2 Å². The number of carboxylic acids is 1. The van der Waals surface area contributed by atoms with Gasteiger partial charge < -0.3 is 10.8 Å². The fourth-order valence-electron chi connectivity index (χ4n) is 2.33. The lowest BCUT2D eigenvalue weighted by Crippen LogP contribution is -2.46. The summed E-state index contributed by atoms with van der Waals surface area (Å²) in [5.74, 6) is -7.14. The van der Waals surface area contributed by atoms with E-state index in [2.05, 4.69) is 0 Å². The molecule has 0 aliphatic rings. The molecule has 1 aromatic rings. The fourth-order valence-corrected chi connectivity index (χ4v) is 2.33. The van der Waals surface area contributed by atoms with Crippen LogP contribution in [0.5, 0.6) is 0 Å². The number of hydrogen-bond donors (Lipinski definition) is 2. The number of halogens is 4. The summed E-state index contributed by atoms with van der Waals surface area (Å²) in [4.78, 5) is 11.0. The van der Waals surface area contributed by atoms with Gasteiger partial charge in [-0.2, -0.15) is 0 Å². The molecule has 3 N–H and O–H groups in total. The molecule has 1 aromatic carbocycles. The van der Waals surface area contributed by atoms with Crippen LogP contribution < -0.4 is 5.73 Å². The second kappa shape index (κ2) is 7.09. The van der Waals surface area contributed by atoms with Crippen molar-refractivity contribution in [1.82, 2.24) is 0 Å². The highest BCUT2D eigenvalue weighted by Crippen LogP contribution is 2.26. The van der Waals surface area contributed by atoms with Crippen LogP contribution in [0, 0.1) is 29.2 Å². The first-order chi connectivity index (χ1) is 10.1. The lowest BCUT2D eigenvalue weighted by Gasteiger charge is -2.25. The van der Waals surface area contributed by atoms with E-state index in [1.165, 1.54) is 6.92 Å². The average molecular weight is 321 g/mol. The lowest BCUT2D eigenvalue weighted by molar-refractivity contribution is -0.143. The van der Waals surface area contributed by atoms with Crippen LogP contribution in [-0.4, -0.2) is 16.6 Å². The molecule has 3 nitrogen and oxygen atoms in total. The van der Waals surface area contributed by atoms with E-state index >= 15 is 0 Å². The Labute approximate surface area is 126 Å². The third-order valence-electron chi connectivity index (χ3n) is 3.78. The Balaban J connectivity index is 2.86. The summed E-state index contributed by atoms with van der Waals surface area (Å²) >= 11 is 0. The number of hydrogen-bond acceptors (Lipinski definition) is 2. The first-order valence-electron chi connectivity index (χ1n) is 6.94. The summed E-state index contributed by atoms with van der Waals surface area (Å²) in [5, 5.41) is 8.99.